The predicted octanol–water partition coefficient (Wildman–Crippen LogP) is 6.90. The van der Waals surface area contributed by atoms with E-state index >= 15 is 0 Å². The minimum atomic E-state index is -4.77. The summed E-state index contributed by atoms with van der Waals surface area (Å²) >= 11 is 0. The van der Waals surface area contributed by atoms with Gasteiger partial charge in [-0.15, -0.1) is 0 Å². The van der Waals surface area contributed by atoms with E-state index in [9.17, 15) is 22.8 Å². The van der Waals surface area contributed by atoms with Crippen LogP contribution in [-0.2, 0) is 6.18 Å². The van der Waals surface area contributed by atoms with Crippen molar-refractivity contribution in [2.45, 2.75) is 61.6 Å². The van der Waals surface area contributed by atoms with Crippen molar-refractivity contribution in [1.29, 1.82) is 5.41 Å². The monoisotopic (exact) mass is 694 g/mol. The fraction of sp³-hybridized carbons (Fsp3) is 0.371. The van der Waals surface area contributed by atoms with Crippen molar-refractivity contribution < 1.29 is 31.8 Å². The molecule has 15 heteroatoms. The summed E-state index contributed by atoms with van der Waals surface area (Å²) in [6, 6.07) is 10.3. The first-order chi connectivity index (χ1) is 23.4. The van der Waals surface area contributed by atoms with Crippen LogP contribution in [0, 0.1) is 44.9 Å². The summed E-state index contributed by atoms with van der Waals surface area (Å²) in [6.07, 6.45) is -4.77. The summed E-state index contributed by atoms with van der Waals surface area (Å²) in [6.45, 7) is 14.2. The lowest BCUT2D eigenvalue weighted by Gasteiger charge is -2.36. The van der Waals surface area contributed by atoms with E-state index in [0.717, 1.165) is 27.2 Å². The molecule has 0 fully saturated rings. The Bertz CT molecular complexity index is 1910. The van der Waals surface area contributed by atoms with Gasteiger partial charge in [0.1, 0.15) is 34.0 Å². The smallest absolute Gasteiger partial charge is 0.368 e. The van der Waals surface area contributed by atoms with Crippen LogP contribution in [-0.4, -0.2) is 57.2 Å². The summed E-state index contributed by atoms with van der Waals surface area (Å²) in [4.78, 5) is 32.8. The molecule has 0 aliphatic rings. The summed E-state index contributed by atoms with van der Waals surface area (Å²) in [5.74, 6) is -2.77. The minimum absolute atomic E-state index is 0.00893. The molecule has 0 spiro atoms. The number of alkyl halides is 3. The van der Waals surface area contributed by atoms with Gasteiger partial charge in [0.25, 0.3) is 11.8 Å². The molecule has 50 heavy (non-hydrogen) atoms. The Kier molecular flexibility index (Phi) is 11.2. The van der Waals surface area contributed by atoms with Gasteiger partial charge in [-0.25, -0.2) is 5.01 Å². The van der Waals surface area contributed by atoms with Crippen LogP contribution in [0.2, 0.25) is 0 Å². The van der Waals surface area contributed by atoms with Crippen LogP contribution in [0.3, 0.4) is 0 Å². The van der Waals surface area contributed by atoms with E-state index in [1.165, 1.54) is 25.1 Å². The number of nitrogens with one attached hydrogen (secondary N) is 2. The Morgan fingerprint density at radius 2 is 1.48 bits per heavy atom. The van der Waals surface area contributed by atoms with E-state index in [4.69, 9.17) is 20.2 Å². The number of hydrogen-bond donors (Lipinski definition) is 3. The van der Waals surface area contributed by atoms with Gasteiger partial charge in [0.05, 0.1) is 5.56 Å². The minimum Gasteiger partial charge on any atom is -0.368 e. The molecule has 266 valence electrons. The van der Waals surface area contributed by atoms with Crippen LogP contribution in [0.25, 0.3) is 22.5 Å². The number of carbonyl (C=O) groups is 2. The molecule has 0 unspecified atom stereocenters. The molecule has 0 bridgehead atoms. The third-order valence-electron chi connectivity index (χ3n) is 7.67. The van der Waals surface area contributed by atoms with Gasteiger partial charge in [-0.2, -0.15) is 18.2 Å². The molecule has 0 saturated carbocycles. The summed E-state index contributed by atoms with van der Waals surface area (Å²) < 4.78 is 52.9. The molecule has 4 rings (SSSR count). The number of nitrogens with two attached hydrogens (primary N) is 1. The number of aliphatic imine (C=N–C) groups is 1. The summed E-state index contributed by atoms with van der Waals surface area (Å²) in [7, 11) is 0. The predicted molar refractivity (Wildman–Crippen MR) is 182 cm³/mol. The Labute approximate surface area is 288 Å². The highest BCUT2D eigenvalue weighted by Crippen LogP contribution is 2.39. The van der Waals surface area contributed by atoms with Gasteiger partial charge in [-0.1, -0.05) is 74.4 Å². The molecule has 0 aliphatic heterocycles. The number of carbonyl (C=O) groups excluding carboxylic acids is 2. The standard InChI is InChI=1S/C35H41F3N8O4/c1-18(2)16-41-33(39)46(32(48)28-23(8)50-43-29(28)24-14-9-10-15-25(24)35(36,37)38)45(17-19(3)4)34(40)42-31(47)27-22(7)49-44-30(27)26-20(5)12-11-13-21(26)6/h9-15,18-19H,16-17H2,1-8H3,(H2,39,41)(H2,40,42,47). The Morgan fingerprint density at radius 3 is 2.06 bits per heavy atom. The van der Waals surface area contributed by atoms with Crippen LogP contribution < -0.4 is 11.1 Å². The van der Waals surface area contributed by atoms with E-state index in [2.05, 4.69) is 20.6 Å². The number of amides is 2. The van der Waals surface area contributed by atoms with E-state index in [-0.39, 0.29) is 64.9 Å². The fourth-order valence-corrected chi connectivity index (χ4v) is 5.38. The molecule has 0 atom stereocenters. The number of hydrogen-bond acceptors (Lipinski definition) is 8. The first kappa shape index (κ1) is 37.4. The van der Waals surface area contributed by atoms with E-state index in [1.54, 1.807) is 6.92 Å². The lowest BCUT2D eigenvalue weighted by Crippen LogP contribution is -2.60. The molecule has 12 nitrogen and oxygen atoms in total. The number of rotatable bonds is 8. The van der Waals surface area contributed by atoms with Gasteiger partial charge >= 0.3 is 6.18 Å². The zero-order valence-electron chi connectivity index (χ0n) is 29.2. The number of nitrogens with zero attached hydrogens (tertiary/aromatic N) is 5. The number of halogens is 3. The number of benzene rings is 2. The molecular formula is C35H41F3N8O4. The molecule has 2 heterocycles. The van der Waals surface area contributed by atoms with Gasteiger partial charge in [-0.3, -0.25) is 25.3 Å². The van der Waals surface area contributed by atoms with Crippen molar-refractivity contribution in [3.63, 3.8) is 0 Å². The third kappa shape index (κ3) is 7.87. The second kappa shape index (κ2) is 15.0. The SMILES string of the molecule is Cc1cccc(C)c1-c1noc(C)c1C(=O)NC(=N)N(CC(C)C)N(C(=O)c1c(-c2ccccc2C(F)(F)F)noc1C)C(N)=NCC(C)C. The molecule has 0 saturated heterocycles. The van der Waals surface area contributed by atoms with Gasteiger partial charge in [0.15, 0.2) is 0 Å². The molecule has 4 aromatic rings. The molecular weight excluding hydrogens is 653 g/mol. The molecule has 2 aromatic heterocycles. The molecule has 2 aromatic carbocycles. The van der Waals surface area contributed by atoms with Crippen LogP contribution in [0.5, 0.6) is 0 Å². The van der Waals surface area contributed by atoms with Crippen LogP contribution >= 0.6 is 0 Å². The summed E-state index contributed by atoms with van der Waals surface area (Å²) in [5.41, 5.74) is 7.08. The van der Waals surface area contributed by atoms with Crippen molar-refractivity contribution in [3.8, 4) is 22.5 Å². The van der Waals surface area contributed by atoms with Gasteiger partial charge < -0.3 is 14.8 Å². The Balaban J connectivity index is 1.83. The lowest BCUT2D eigenvalue weighted by atomic mass is 9.96. The molecule has 2 amide bonds. The number of guanidine groups is 2. The molecule has 0 aliphatic carbocycles. The second-order valence-electron chi connectivity index (χ2n) is 12.7. The topological polar surface area (TPSA) is 167 Å². The van der Waals surface area contributed by atoms with E-state index in [0.29, 0.717) is 5.56 Å². The lowest BCUT2D eigenvalue weighted by molar-refractivity contribution is -0.137. The highest BCUT2D eigenvalue weighted by atomic mass is 19.4. The quantitative estimate of drug-likeness (QED) is 0.102. The zero-order chi connectivity index (χ0) is 37.1. The van der Waals surface area contributed by atoms with Gasteiger partial charge in [-0.05, 0) is 56.7 Å². The third-order valence-corrected chi connectivity index (χ3v) is 7.67. The largest absolute Gasteiger partial charge is 0.417 e. The number of hydrazine groups is 1. The van der Waals surface area contributed by atoms with Gasteiger partial charge in [0.2, 0.25) is 11.9 Å². The van der Waals surface area contributed by atoms with Crippen molar-refractivity contribution in [3.05, 3.63) is 81.8 Å². The van der Waals surface area contributed by atoms with Crippen molar-refractivity contribution in [2.75, 3.05) is 13.1 Å². The van der Waals surface area contributed by atoms with E-state index < -0.39 is 35.1 Å². The van der Waals surface area contributed by atoms with Crippen LogP contribution in [0.4, 0.5) is 13.2 Å². The molecule has 4 N–H and O–H groups in total. The maximum absolute atomic E-state index is 14.6. The first-order valence-corrected chi connectivity index (χ1v) is 15.9. The average Bonchev–Trinajstić information content (AvgIpc) is 3.60. The highest BCUT2D eigenvalue weighted by Gasteiger charge is 2.39. The number of aromatic nitrogens is 2. The highest BCUT2D eigenvalue weighted by molar-refractivity contribution is 6.12. The second-order valence-corrected chi connectivity index (χ2v) is 12.7. The Hall–Kier alpha value is -5.47. The maximum Gasteiger partial charge on any atom is 0.417 e. The Morgan fingerprint density at radius 1 is 0.900 bits per heavy atom. The van der Waals surface area contributed by atoms with Crippen molar-refractivity contribution in [1.82, 2.24) is 25.6 Å². The van der Waals surface area contributed by atoms with Crippen LogP contribution in [0.1, 0.15) is 76.6 Å². The maximum atomic E-state index is 14.6. The van der Waals surface area contributed by atoms with Crippen molar-refractivity contribution >= 4 is 23.7 Å². The van der Waals surface area contributed by atoms with E-state index in [1.807, 2.05) is 59.7 Å². The van der Waals surface area contributed by atoms with Crippen LogP contribution in [0.15, 0.2) is 56.5 Å². The average molecular weight is 695 g/mol. The number of aryl methyl sites for hydroxylation is 4. The summed E-state index contributed by atoms with van der Waals surface area (Å²) in [5, 5.41) is 21.6. The molecule has 0 radical (unpaired) electrons. The zero-order valence-corrected chi connectivity index (χ0v) is 29.2. The first-order valence-electron chi connectivity index (χ1n) is 15.9. The normalized spacial score (nSPS) is 12.1. The fourth-order valence-electron chi connectivity index (χ4n) is 5.38. The van der Waals surface area contributed by atoms with Gasteiger partial charge in [0, 0.05) is 24.2 Å². The van der Waals surface area contributed by atoms with Crippen molar-refractivity contribution in [2.24, 2.45) is 22.6 Å².